The van der Waals surface area contributed by atoms with Crippen molar-refractivity contribution in [2.75, 3.05) is 7.11 Å². The highest BCUT2D eigenvalue weighted by molar-refractivity contribution is 5.98. The Balaban J connectivity index is 2.12. The van der Waals surface area contributed by atoms with Crippen LogP contribution in [0.2, 0.25) is 0 Å². The summed E-state index contributed by atoms with van der Waals surface area (Å²) in [6, 6.07) is 12.0. The van der Waals surface area contributed by atoms with E-state index in [1.165, 1.54) is 0 Å². The Labute approximate surface area is 218 Å². The minimum atomic E-state index is -0.556. The van der Waals surface area contributed by atoms with Crippen LogP contribution >= 0.6 is 0 Å². The highest BCUT2D eigenvalue weighted by Gasteiger charge is 2.22. The number of benzene rings is 1. The highest BCUT2D eigenvalue weighted by Crippen LogP contribution is 2.38. The first-order chi connectivity index (χ1) is 17.7. The molecule has 0 aliphatic carbocycles. The maximum atomic E-state index is 12.0. The number of nitriles is 1. The molecule has 0 radical (unpaired) electrons. The van der Waals surface area contributed by atoms with Crippen LogP contribution in [0.1, 0.15) is 64.2 Å². The number of alkyl carbamates (subject to hydrolysis) is 1. The number of methoxy groups -OCH3 is 1. The van der Waals surface area contributed by atoms with E-state index in [2.05, 4.69) is 36.3 Å². The van der Waals surface area contributed by atoms with Gasteiger partial charge in [0.1, 0.15) is 11.7 Å². The zero-order chi connectivity index (χ0) is 27.0. The zero-order valence-corrected chi connectivity index (χ0v) is 22.4. The maximum absolute atomic E-state index is 12.0. The fourth-order valence-electron chi connectivity index (χ4n) is 3.94. The predicted octanol–water partition coefficient (Wildman–Crippen LogP) is 6.96. The molecule has 0 atom stereocenters. The molecule has 1 aromatic carbocycles. The Kier molecular flexibility index (Phi) is 9.02. The molecule has 7 nitrogen and oxygen atoms in total. The number of carbonyl (C=O) groups is 1. The lowest BCUT2D eigenvalue weighted by Gasteiger charge is -2.19. The van der Waals surface area contributed by atoms with Gasteiger partial charge < -0.3 is 14.8 Å². The van der Waals surface area contributed by atoms with Gasteiger partial charge in [0.05, 0.1) is 29.3 Å². The first kappa shape index (κ1) is 27.4. The van der Waals surface area contributed by atoms with E-state index >= 15 is 0 Å². The van der Waals surface area contributed by atoms with Gasteiger partial charge in [-0.15, -0.1) is 0 Å². The van der Waals surface area contributed by atoms with Gasteiger partial charge in [-0.05, 0) is 50.8 Å². The van der Waals surface area contributed by atoms with Gasteiger partial charge in [0, 0.05) is 23.9 Å². The minimum Gasteiger partial charge on any atom is -0.480 e. The van der Waals surface area contributed by atoms with E-state index < -0.39 is 11.7 Å². The summed E-state index contributed by atoms with van der Waals surface area (Å²) in [7, 11) is 1.54. The van der Waals surface area contributed by atoms with Crippen LogP contribution in [0.25, 0.3) is 27.7 Å². The molecule has 2 heterocycles. The average Bonchev–Trinajstić information content (AvgIpc) is 2.88. The van der Waals surface area contributed by atoms with Gasteiger partial charge in [0.25, 0.3) is 0 Å². The van der Waals surface area contributed by atoms with E-state index in [9.17, 15) is 10.1 Å². The third-order valence-corrected chi connectivity index (χ3v) is 5.60. The quantitative estimate of drug-likeness (QED) is 0.337. The molecule has 37 heavy (non-hydrogen) atoms. The number of hydrogen-bond donors (Lipinski definition) is 1. The fourth-order valence-corrected chi connectivity index (χ4v) is 3.94. The van der Waals surface area contributed by atoms with Crippen molar-refractivity contribution in [3.8, 4) is 23.2 Å². The van der Waals surface area contributed by atoms with Crippen molar-refractivity contribution in [2.24, 2.45) is 0 Å². The lowest BCUT2D eigenvalue weighted by Crippen LogP contribution is -2.32. The van der Waals surface area contributed by atoms with Crippen LogP contribution in [-0.2, 0) is 11.3 Å². The van der Waals surface area contributed by atoms with E-state index in [0.29, 0.717) is 41.0 Å². The lowest BCUT2D eigenvalue weighted by atomic mass is 9.90. The monoisotopic (exact) mass is 498 g/mol. The molecule has 0 saturated carbocycles. The molecule has 1 amide bonds. The number of nitrogens with zero attached hydrogens (tertiary/aromatic N) is 3. The zero-order valence-electron chi connectivity index (χ0n) is 22.4. The van der Waals surface area contributed by atoms with E-state index in [0.717, 1.165) is 28.7 Å². The number of nitrogens with one attached hydrogen (secondary N) is 1. The second-order valence-corrected chi connectivity index (χ2v) is 9.47. The van der Waals surface area contributed by atoms with Gasteiger partial charge >= 0.3 is 6.09 Å². The van der Waals surface area contributed by atoms with Crippen LogP contribution in [0.3, 0.4) is 0 Å². The molecule has 192 valence electrons. The summed E-state index contributed by atoms with van der Waals surface area (Å²) in [6.45, 7) is 9.96. The van der Waals surface area contributed by atoms with Gasteiger partial charge in [-0.25, -0.2) is 14.8 Å². The number of amides is 1. The number of aromatic nitrogens is 2. The molecule has 1 N–H and O–H groups in total. The van der Waals surface area contributed by atoms with Crippen molar-refractivity contribution in [3.05, 3.63) is 71.4 Å². The topological polar surface area (TPSA) is 97.1 Å². The van der Waals surface area contributed by atoms with Crippen LogP contribution in [-0.4, -0.2) is 28.8 Å². The summed E-state index contributed by atoms with van der Waals surface area (Å²) in [4.78, 5) is 21.3. The van der Waals surface area contributed by atoms with Gasteiger partial charge in [-0.2, -0.15) is 5.26 Å². The standard InChI is InChI=1S/C30H34N4O3/c1-7-9-10-11-21(8-2)25-23(18-31)26-24(16-17-32-28(26)36-6)34-27(25)22-14-12-20(13-15-22)19-33-29(35)37-30(3,4)5/h9-17H,7-8,19H2,1-6H3,(H,33,35)/b10-9-,21-11+. The number of pyridine rings is 2. The van der Waals surface area contributed by atoms with Crippen molar-refractivity contribution >= 4 is 22.6 Å². The van der Waals surface area contributed by atoms with Gasteiger partial charge in [-0.3, -0.25) is 0 Å². The maximum Gasteiger partial charge on any atom is 0.407 e. The van der Waals surface area contributed by atoms with Crippen LogP contribution in [0.4, 0.5) is 4.79 Å². The van der Waals surface area contributed by atoms with Crippen molar-refractivity contribution in [1.82, 2.24) is 15.3 Å². The molecule has 0 bridgehead atoms. The van der Waals surface area contributed by atoms with E-state index in [1.54, 1.807) is 19.4 Å². The molecular formula is C30H34N4O3. The molecule has 3 rings (SSSR count). The summed E-state index contributed by atoms with van der Waals surface area (Å²) in [6.07, 6.45) is 8.92. The Morgan fingerprint density at radius 1 is 1.16 bits per heavy atom. The molecule has 0 aliphatic rings. The average molecular weight is 499 g/mol. The second kappa shape index (κ2) is 12.2. The largest absolute Gasteiger partial charge is 0.480 e. The molecule has 0 spiro atoms. The van der Waals surface area contributed by atoms with Crippen molar-refractivity contribution in [3.63, 3.8) is 0 Å². The molecule has 3 aromatic rings. The van der Waals surface area contributed by atoms with Crippen molar-refractivity contribution < 1.29 is 14.3 Å². The lowest BCUT2D eigenvalue weighted by molar-refractivity contribution is 0.0523. The van der Waals surface area contributed by atoms with Crippen LogP contribution in [0.15, 0.2) is 54.8 Å². The molecule has 0 aliphatic heterocycles. The van der Waals surface area contributed by atoms with Crippen molar-refractivity contribution in [1.29, 1.82) is 5.26 Å². The minimum absolute atomic E-state index is 0.335. The number of hydrogen-bond acceptors (Lipinski definition) is 6. The fraction of sp³-hybridized carbons (Fsp3) is 0.333. The SMILES string of the molecule is CC/C=C\C=C(/CC)c1c(-c2ccc(CNC(=O)OC(C)(C)C)cc2)nc2ccnc(OC)c2c1C#N. The second-order valence-electron chi connectivity index (χ2n) is 9.47. The highest BCUT2D eigenvalue weighted by atomic mass is 16.6. The van der Waals surface area contributed by atoms with Gasteiger partial charge in [0.2, 0.25) is 5.88 Å². The van der Waals surface area contributed by atoms with Crippen LogP contribution in [0, 0.1) is 11.3 Å². The Hall–Kier alpha value is -4.18. The van der Waals surface area contributed by atoms with E-state index in [4.69, 9.17) is 14.5 Å². The number of ether oxygens (including phenoxy) is 2. The number of carbonyl (C=O) groups excluding carboxylic acids is 1. The van der Waals surface area contributed by atoms with Crippen LogP contribution < -0.4 is 10.1 Å². The summed E-state index contributed by atoms with van der Waals surface area (Å²) in [5.41, 5.74) is 4.82. The molecule has 0 fully saturated rings. The third-order valence-electron chi connectivity index (χ3n) is 5.60. The van der Waals surface area contributed by atoms with E-state index in [1.807, 2.05) is 57.2 Å². The predicted molar refractivity (Wildman–Crippen MR) is 147 cm³/mol. The van der Waals surface area contributed by atoms with Gasteiger partial charge in [0.15, 0.2) is 0 Å². The molecular weight excluding hydrogens is 464 g/mol. The normalized spacial score (nSPS) is 12.0. The number of fused-ring (bicyclic) bond motifs is 1. The van der Waals surface area contributed by atoms with Crippen LogP contribution in [0.5, 0.6) is 5.88 Å². The first-order valence-corrected chi connectivity index (χ1v) is 12.4. The van der Waals surface area contributed by atoms with E-state index in [-0.39, 0.29) is 0 Å². The Morgan fingerprint density at radius 3 is 2.49 bits per heavy atom. The number of allylic oxidation sites excluding steroid dienone is 4. The number of rotatable bonds is 8. The smallest absolute Gasteiger partial charge is 0.407 e. The summed E-state index contributed by atoms with van der Waals surface area (Å²) >= 11 is 0. The Bertz CT molecular complexity index is 1360. The first-order valence-electron chi connectivity index (χ1n) is 12.4. The van der Waals surface area contributed by atoms with Crippen molar-refractivity contribution in [2.45, 2.75) is 59.6 Å². The molecule has 0 unspecified atom stereocenters. The molecule has 7 heteroatoms. The summed E-state index contributed by atoms with van der Waals surface area (Å²) in [5, 5.41) is 13.7. The summed E-state index contributed by atoms with van der Waals surface area (Å²) in [5.74, 6) is 0.373. The van der Waals surface area contributed by atoms with Gasteiger partial charge in [-0.1, -0.05) is 56.3 Å². The summed E-state index contributed by atoms with van der Waals surface area (Å²) < 4.78 is 10.8. The Morgan fingerprint density at radius 2 is 1.89 bits per heavy atom. The molecule has 0 saturated heterocycles. The third kappa shape index (κ3) is 6.73. The molecule has 2 aromatic heterocycles.